The number of carbonyl (C=O) groups is 3. The zero-order valence-electron chi connectivity index (χ0n) is 16.6. The summed E-state index contributed by atoms with van der Waals surface area (Å²) in [6.45, 7) is 1.92. The second kappa shape index (κ2) is 8.49. The fourth-order valence-corrected chi connectivity index (χ4v) is 4.88. The van der Waals surface area contributed by atoms with Gasteiger partial charge in [0.25, 0.3) is 5.91 Å². The second-order valence-corrected chi connectivity index (χ2v) is 9.57. The first-order valence-corrected chi connectivity index (χ1v) is 10.5. The van der Waals surface area contributed by atoms with Crippen LogP contribution in [0.2, 0.25) is 0 Å². The van der Waals surface area contributed by atoms with Crippen molar-refractivity contribution < 1.29 is 32.3 Å². The summed E-state index contributed by atoms with van der Waals surface area (Å²) in [5, 5.41) is 1.87. The minimum Gasteiger partial charge on any atom is -0.452 e. The van der Waals surface area contributed by atoms with Crippen LogP contribution in [0.5, 0.6) is 0 Å². The van der Waals surface area contributed by atoms with Crippen molar-refractivity contribution in [2.75, 3.05) is 12.4 Å². The second-order valence-electron chi connectivity index (χ2n) is 7.97. The third-order valence-corrected chi connectivity index (χ3v) is 6.61. The van der Waals surface area contributed by atoms with Crippen molar-refractivity contribution in [3.05, 3.63) is 35.9 Å². The lowest BCUT2D eigenvalue weighted by Gasteiger charge is -2.31. The molecule has 2 amide bonds. The molecule has 3 rings (SSSR count). The molecule has 10 heteroatoms. The maximum Gasteiger partial charge on any atom is 0.405 e. The third-order valence-electron chi connectivity index (χ3n) is 5.23. The van der Waals surface area contributed by atoms with E-state index >= 15 is 0 Å². The zero-order valence-corrected chi connectivity index (χ0v) is 17.4. The highest BCUT2D eigenvalue weighted by Crippen LogP contribution is 2.40. The number of hydrogen-bond acceptors (Lipinski definition) is 5. The standard InChI is InChI=1S/C20H23F3N2O4S/c1-19(2)15(16(26)24-10-20(21,22)23)25(11-30-19)17(27)14-9-13(18(28)29-14)8-12-6-4-3-5-7-12/h3-7,13-15H,8-11H2,1-2H3,(H,24,26)/t13-,14+,15?/m1/s1. The number of ether oxygens (including phenoxy) is 1. The Hall–Kier alpha value is -2.23. The SMILES string of the molecule is CC1(C)SCN(C(=O)[C@@H]2C[C@@H](Cc3ccccc3)C(=O)O2)C1C(=O)NCC(F)(F)F. The fraction of sp³-hybridized carbons (Fsp3) is 0.550. The van der Waals surface area contributed by atoms with E-state index in [2.05, 4.69) is 0 Å². The minimum absolute atomic E-state index is 0.132. The lowest BCUT2D eigenvalue weighted by atomic mass is 9.95. The van der Waals surface area contributed by atoms with Crippen molar-refractivity contribution in [3.8, 4) is 0 Å². The quantitative estimate of drug-likeness (QED) is 0.707. The highest BCUT2D eigenvalue weighted by molar-refractivity contribution is 8.00. The average molecular weight is 444 g/mol. The fourth-order valence-electron chi connectivity index (χ4n) is 3.74. The first-order chi connectivity index (χ1) is 14.0. The van der Waals surface area contributed by atoms with E-state index in [1.807, 2.05) is 35.6 Å². The van der Waals surface area contributed by atoms with Crippen LogP contribution in [-0.4, -0.2) is 58.2 Å². The molecule has 6 nitrogen and oxygen atoms in total. The van der Waals surface area contributed by atoms with Crippen LogP contribution in [0.1, 0.15) is 25.8 Å². The summed E-state index contributed by atoms with van der Waals surface area (Å²) >= 11 is 1.29. The van der Waals surface area contributed by atoms with Crippen LogP contribution in [0, 0.1) is 5.92 Å². The molecule has 2 fully saturated rings. The Morgan fingerprint density at radius 1 is 1.27 bits per heavy atom. The number of carbonyl (C=O) groups excluding carboxylic acids is 3. The number of nitrogens with zero attached hydrogens (tertiary/aromatic N) is 1. The molecule has 0 bridgehead atoms. The smallest absolute Gasteiger partial charge is 0.405 e. The Balaban J connectivity index is 1.68. The molecule has 2 aliphatic heterocycles. The normalized spacial score (nSPS) is 25.8. The van der Waals surface area contributed by atoms with Gasteiger partial charge in [-0.05, 0) is 25.8 Å². The van der Waals surface area contributed by atoms with Gasteiger partial charge < -0.3 is 15.0 Å². The first-order valence-electron chi connectivity index (χ1n) is 9.51. The molecule has 2 heterocycles. The number of benzene rings is 1. The molecule has 0 spiro atoms. The van der Waals surface area contributed by atoms with Gasteiger partial charge in [-0.25, -0.2) is 0 Å². The molecule has 1 aromatic carbocycles. The van der Waals surface area contributed by atoms with E-state index in [0.717, 1.165) is 5.56 Å². The van der Waals surface area contributed by atoms with Crippen LogP contribution in [0.4, 0.5) is 13.2 Å². The highest BCUT2D eigenvalue weighted by atomic mass is 32.2. The number of halogens is 3. The van der Waals surface area contributed by atoms with Gasteiger partial charge in [-0.15, -0.1) is 11.8 Å². The number of cyclic esters (lactones) is 1. The molecule has 1 unspecified atom stereocenters. The highest BCUT2D eigenvalue weighted by Gasteiger charge is 2.51. The van der Waals surface area contributed by atoms with E-state index in [0.29, 0.717) is 6.42 Å². The van der Waals surface area contributed by atoms with E-state index in [4.69, 9.17) is 4.74 Å². The monoisotopic (exact) mass is 444 g/mol. The molecule has 3 atom stereocenters. The van der Waals surface area contributed by atoms with Crippen LogP contribution in [0.3, 0.4) is 0 Å². The van der Waals surface area contributed by atoms with Gasteiger partial charge in [-0.1, -0.05) is 30.3 Å². The summed E-state index contributed by atoms with van der Waals surface area (Å²) in [7, 11) is 0. The van der Waals surface area contributed by atoms with Gasteiger partial charge in [0, 0.05) is 11.2 Å². The van der Waals surface area contributed by atoms with Crippen LogP contribution in [0.25, 0.3) is 0 Å². The van der Waals surface area contributed by atoms with Crippen molar-refractivity contribution in [1.82, 2.24) is 10.2 Å². The number of amides is 2. The van der Waals surface area contributed by atoms with E-state index in [-0.39, 0.29) is 12.3 Å². The van der Waals surface area contributed by atoms with E-state index in [1.54, 1.807) is 13.8 Å². The summed E-state index contributed by atoms with van der Waals surface area (Å²) < 4.78 is 42.0. The first kappa shape index (κ1) is 22.5. The van der Waals surface area contributed by atoms with Gasteiger partial charge in [0.05, 0.1) is 11.8 Å². The molecule has 1 N–H and O–H groups in total. The Labute approximate surface area is 176 Å². The van der Waals surface area contributed by atoms with E-state index in [9.17, 15) is 27.6 Å². The number of rotatable bonds is 5. The molecular weight excluding hydrogens is 421 g/mol. The number of thioether (sulfide) groups is 1. The topological polar surface area (TPSA) is 75.7 Å². The van der Waals surface area contributed by atoms with Crippen molar-refractivity contribution in [2.24, 2.45) is 5.92 Å². The molecule has 2 saturated heterocycles. The van der Waals surface area contributed by atoms with Crippen molar-refractivity contribution in [1.29, 1.82) is 0 Å². The van der Waals surface area contributed by atoms with Crippen LogP contribution in [-0.2, 0) is 25.5 Å². The van der Waals surface area contributed by atoms with Crippen molar-refractivity contribution in [3.63, 3.8) is 0 Å². The molecule has 0 aliphatic carbocycles. The molecule has 164 valence electrons. The number of nitrogens with one attached hydrogen (secondary N) is 1. The van der Waals surface area contributed by atoms with Crippen molar-refractivity contribution >= 4 is 29.5 Å². The van der Waals surface area contributed by atoms with Gasteiger partial charge in [-0.2, -0.15) is 13.2 Å². The molecule has 0 saturated carbocycles. The molecule has 0 aromatic heterocycles. The number of hydrogen-bond donors (Lipinski definition) is 1. The van der Waals surface area contributed by atoms with Gasteiger partial charge in [0.15, 0.2) is 6.10 Å². The van der Waals surface area contributed by atoms with Gasteiger partial charge in [0.2, 0.25) is 5.91 Å². The molecule has 30 heavy (non-hydrogen) atoms. The van der Waals surface area contributed by atoms with Gasteiger partial charge >= 0.3 is 12.1 Å². The Kier molecular flexibility index (Phi) is 6.35. The summed E-state index contributed by atoms with van der Waals surface area (Å²) in [5.74, 6) is -2.26. The molecule has 1 aromatic rings. The van der Waals surface area contributed by atoms with Gasteiger partial charge in [0.1, 0.15) is 12.6 Å². The predicted octanol–water partition coefficient (Wildman–Crippen LogP) is 2.52. The van der Waals surface area contributed by atoms with Gasteiger partial charge in [-0.3, -0.25) is 14.4 Å². The maximum absolute atomic E-state index is 13.0. The van der Waals surface area contributed by atoms with Crippen LogP contribution < -0.4 is 5.32 Å². The van der Waals surface area contributed by atoms with Crippen LogP contribution >= 0.6 is 11.8 Å². The molecule has 0 radical (unpaired) electrons. The lowest BCUT2D eigenvalue weighted by molar-refractivity contribution is -0.156. The Morgan fingerprint density at radius 3 is 2.57 bits per heavy atom. The summed E-state index contributed by atoms with van der Waals surface area (Å²) in [4.78, 5) is 39.0. The third kappa shape index (κ3) is 5.08. The van der Waals surface area contributed by atoms with Crippen LogP contribution in [0.15, 0.2) is 30.3 Å². The van der Waals surface area contributed by atoms with E-state index in [1.165, 1.54) is 16.7 Å². The molecule has 2 aliphatic rings. The van der Waals surface area contributed by atoms with Crippen molar-refractivity contribution in [2.45, 2.75) is 49.8 Å². The maximum atomic E-state index is 13.0. The summed E-state index contributed by atoms with van der Waals surface area (Å²) in [6, 6.07) is 8.23. The minimum atomic E-state index is -4.55. The number of alkyl halides is 3. The Bertz CT molecular complexity index is 816. The molecular formula is C20H23F3N2O4S. The Morgan fingerprint density at radius 2 is 1.93 bits per heavy atom. The predicted molar refractivity (Wildman–Crippen MR) is 104 cm³/mol. The van der Waals surface area contributed by atoms with E-state index < -0.39 is 53.3 Å². The summed E-state index contributed by atoms with van der Waals surface area (Å²) in [6.07, 6.45) is -4.99. The average Bonchev–Trinajstić information content (AvgIpc) is 3.18. The number of esters is 1. The lowest BCUT2D eigenvalue weighted by Crippen LogP contribution is -2.56. The largest absolute Gasteiger partial charge is 0.452 e. The zero-order chi connectivity index (χ0) is 22.1. The summed E-state index contributed by atoms with van der Waals surface area (Å²) in [5.41, 5.74) is 0.940.